The molecule has 2 N–H and O–H groups in total. The number of hydrazine groups is 1. The minimum absolute atomic E-state index is 0.265. The molecule has 1 heterocycles. The molecule has 3 rings (SSSR count). The zero-order valence-corrected chi connectivity index (χ0v) is 15.0. The Morgan fingerprint density at radius 1 is 0.786 bits per heavy atom. The second kappa shape index (κ2) is 9.72. The van der Waals surface area contributed by atoms with Crippen LogP contribution in [0.5, 0.6) is 11.5 Å². The van der Waals surface area contributed by atoms with Gasteiger partial charge in [0.1, 0.15) is 24.7 Å². The number of aromatic nitrogens is 1. The fourth-order valence-corrected chi connectivity index (χ4v) is 2.36. The predicted molar refractivity (Wildman–Crippen MR) is 103 cm³/mol. The summed E-state index contributed by atoms with van der Waals surface area (Å²) < 4.78 is 11.2. The molecule has 0 atom stereocenters. The fourth-order valence-electron chi connectivity index (χ4n) is 2.36. The number of hydrogen-bond acceptors (Lipinski definition) is 5. The topological polar surface area (TPSA) is 89.6 Å². The van der Waals surface area contributed by atoms with Gasteiger partial charge in [0.2, 0.25) is 0 Å². The number of carbonyl (C=O) groups is 2. The molecule has 0 spiro atoms. The first-order valence-electron chi connectivity index (χ1n) is 8.64. The van der Waals surface area contributed by atoms with Crippen molar-refractivity contribution < 1.29 is 19.1 Å². The van der Waals surface area contributed by atoms with Gasteiger partial charge >= 0.3 is 0 Å². The lowest BCUT2D eigenvalue weighted by molar-refractivity contribution is 0.0843. The largest absolute Gasteiger partial charge is 0.490 e. The van der Waals surface area contributed by atoms with Gasteiger partial charge in [-0.15, -0.1) is 0 Å². The van der Waals surface area contributed by atoms with Gasteiger partial charge in [-0.2, -0.15) is 0 Å². The molecule has 0 saturated heterocycles. The molecule has 0 aliphatic carbocycles. The number of amides is 2. The lowest BCUT2D eigenvalue weighted by atomic mass is 10.2. The average Bonchev–Trinajstić information content (AvgIpc) is 2.76. The second-order valence-corrected chi connectivity index (χ2v) is 5.66. The van der Waals surface area contributed by atoms with Crippen LogP contribution in [0.2, 0.25) is 0 Å². The van der Waals surface area contributed by atoms with Crippen LogP contribution >= 0.6 is 0 Å². The Hall–Kier alpha value is -3.87. The molecular weight excluding hydrogens is 358 g/mol. The van der Waals surface area contributed by atoms with Crippen molar-refractivity contribution in [1.82, 2.24) is 15.8 Å². The molecular formula is C21H19N3O4. The number of pyridine rings is 1. The van der Waals surface area contributed by atoms with Gasteiger partial charge < -0.3 is 9.47 Å². The third-order valence-corrected chi connectivity index (χ3v) is 3.70. The number of para-hydroxylation sites is 2. The van der Waals surface area contributed by atoms with E-state index in [-0.39, 0.29) is 6.61 Å². The Bertz CT molecular complexity index is 917. The van der Waals surface area contributed by atoms with Crippen LogP contribution in [0.1, 0.15) is 20.7 Å². The minimum Gasteiger partial charge on any atom is -0.490 e. The molecule has 2 amide bonds. The number of carbonyl (C=O) groups excluding carboxylic acids is 2. The van der Waals surface area contributed by atoms with Crippen molar-refractivity contribution >= 4 is 11.8 Å². The summed E-state index contributed by atoms with van der Waals surface area (Å²) >= 11 is 0. The molecule has 0 bridgehead atoms. The van der Waals surface area contributed by atoms with Crippen LogP contribution in [0.4, 0.5) is 0 Å². The van der Waals surface area contributed by atoms with E-state index in [1.54, 1.807) is 42.6 Å². The Morgan fingerprint density at radius 2 is 1.50 bits per heavy atom. The van der Waals surface area contributed by atoms with Gasteiger partial charge in [0.05, 0.1) is 11.1 Å². The molecule has 0 unspecified atom stereocenters. The number of benzene rings is 2. The molecule has 0 aliphatic heterocycles. The van der Waals surface area contributed by atoms with Gasteiger partial charge in [-0.25, -0.2) is 0 Å². The van der Waals surface area contributed by atoms with Crippen molar-refractivity contribution in [3.05, 3.63) is 90.3 Å². The molecule has 28 heavy (non-hydrogen) atoms. The van der Waals surface area contributed by atoms with Gasteiger partial charge in [0.25, 0.3) is 11.8 Å². The van der Waals surface area contributed by atoms with Gasteiger partial charge in [-0.1, -0.05) is 30.3 Å². The Balaban J connectivity index is 1.52. The maximum atomic E-state index is 12.4. The van der Waals surface area contributed by atoms with E-state index in [4.69, 9.17) is 9.47 Å². The summed E-state index contributed by atoms with van der Waals surface area (Å²) in [6.07, 6.45) is 2.97. The number of nitrogens with zero attached hydrogens (tertiary/aromatic N) is 1. The van der Waals surface area contributed by atoms with Crippen LogP contribution in [0, 0.1) is 0 Å². The van der Waals surface area contributed by atoms with Crippen molar-refractivity contribution in [2.75, 3.05) is 13.2 Å². The Labute approximate surface area is 162 Å². The van der Waals surface area contributed by atoms with E-state index in [1.165, 1.54) is 6.20 Å². The van der Waals surface area contributed by atoms with Crippen LogP contribution in [0.15, 0.2) is 79.1 Å². The van der Waals surface area contributed by atoms with Gasteiger partial charge in [-0.05, 0) is 36.4 Å². The molecule has 0 fully saturated rings. The van der Waals surface area contributed by atoms with E-state index < -0.39 is 11.8 Å². The summed E-state index contributed by atoms with van der Waals surface area (Å²) in [5.41, 5.74) is 5.37. The van der Waals surface area contributed by atoms with Crippen molar-refractivity contribution in [2.24, 2.45) is 0 Å². The molecule has 142 valence electrons. The number of ether oxygens (including phenoxy) is 2. The highest BCUT2D eigenvalue weighted by atomic mass is 16.5. The normalized spacial score (nSPS) is 10.0. The second-order valence-electron chi connectivity index (χ2n) is 5.66. The van der Waals surface area contributed by atoms with Crippen molar-refractivity contribution in [1.29, 1.82) is 0 Å². The SMILES string of the molecule is O=C(NNC(=O)c1ccccc1OCCOc1ccccc1)c1cccnc1. The molecule has 2 aromatic carbocycles. The molecule has 3 aromatic rings. The minimum atomic E-state index is -0.489. The third-order valence-electron chi connectivity index (χ3n) is 3.70. The molecule has 1 aromatic heterocycles. The van der Waals surface area contributed by atoms with E-state index in [9.17, 15) is 9.59 Å². The van der Waals surface area contributed by atoms with Crippen LogP contribution in [-0.2, 0) is 0 Å². The maximum Gasteiger partial charge on any atom is 0.273 e. The highest BCUT2D eigenvalue weighted by Crippen LogP contribution is 2.17. The van der Waals surface area contributed by atoms with Crippen LogP contribution in [0.3, 0.4) is 0 Å². The monoisotopic (exact) mass is 377 g/mol. The smallest absolute Gasteiger partial charge is 0.273 e. The van der Waals surface area contributed by atoms with E-state index in [1.807, 2.05) is 30.3 Å². The highest BCUT2D eigenvalue weighted by molar-refractivity contribution is 6.00. The van der Waals surface area contributed by atoms with Crippen molar-refractivity contribution in [3.8, 4) is 11.5 Å². The van der Waals surface area contributed by atoms with Crippen molar-refractivity contribution in [3.63, 3.8) is 0 Å². The first-order chi connectivity index (χ1) is 13.7. The summed E-state index contributed by atoms with van der Waals surface area (Å²) in [6, 6.07) is 19.4. The quantitative estimate of drug-likeness (QED) is 0.488. The molecule has 0 aliphatic rings. The summed E-state index contributed by atoms with van der Waals surface area (Å²) in [6.45, 7) is 0.596. The molecule has 7 nitrogen and oxygen atoms in total. The summed E-state index contributed by atoms with van der Waals surface area (Å²) in [4.78, 5) is 28.3. The number of hydrogen-bond donors (Lipinski definition) is 2. The molecule has 0 radical (unpaired) electrons. The van der Waals surface area contributed by atoms with Crippen molar-refractivity contribution in [2.45, 2.75) is 0 Å². The van der Waals surface area contributed by atoms with Gasteiger partial charge in [0.15, 0.2) is 0 Å². The predicted octanol–water partition coefficient (Wildman–Crippen LogP) is 2.61. The first kappa shape index (κ1) is 18.9. The Kier molecular flexibility index (Phi) is 6.57. The molecule has 0 saturated carbocycles. The summed E-state index contributed by atoms with van der Waals surface area (Å²) in [5.74, 6) is 0.190. The zero-order chi connectivity index (χ0) is 19.6. The van der Waals surface area contributed by atoms with Crippen LogP contribution in [0.25, 0.3) is 0 Å². The van der Waals surface area contributed by atoms with Gasteiger partial charge in [0, 0.05) is 12.4 Å². The Morgan fingerprint density at radius 3 is 2.29 bits per heavy atom. The summed E-state index contributed by atoms with van der Waals surface area (Å²) in [7, 11) is 0. The van der Waals surface area contributed by atoms with E-state index in [0.717, 1.165) is 5.75 Å². The summed E-state index contributed by atoms with van der Waals surface area (Å²) in [5, 5.41) is 0. The van der Waals surface area contributed by atoms with Crippen LogP contribution < -0.4 is 20.3 Å². The van der Waals surface area contributed by atoms with Gasteiger partial charge in [-0.3, -0.25) is 25.4 Å². The first-order valence-corrected chi connectivity index (χ1v) is 8.64. The van der Waals surface area contributed by atoms with E-state index in [2.05, 4.69) is 15.8 Å². The number of nitrogens with one attached hydrogen (secondary N) is 2. The van der Waals surface area contributed by atoms with Crippen LogP contribution in [-0.4, -0.2) is 30.0 Å². The highest BCUT2D eigenvalue weighted by Gasteiger charge is 2.13. The van der Waals surface area contributed by atoms with E-state index in [0.29, 0.717) is 23.5 Å². The lowest BCUT2D eigenvalue weighted by Crippen LogP contribution is -2.41. The van der Waals surface area contributed by atoms with E-state index >= 15 is 0 Å². The standard InChI is InChI=1S/C21H19N3O4/c25-20(16-7-6-12-22-15-16)23-24-21(26)18-10-4-5-11-19(18)28-14-13-27-17-8-2-1-3-9-17/h1-12,15H,13-14H2,(H,23,25)(H,24,26). The maximum absolute atomic E-state index is 12.4. The third kappa shape index (κ3) is 5.31. The average molecular weight is 377 g/mol. The zero-order valence-electron chi connectivity index (χ0n) is 15.0. The number of rotatable bonds is 7. The fraction of sp³-hybridized carbons (Fsp3) is 0.0952. The lowest BCUT2D eigenvalue weighted by Gasteiger charge is -2.12. The molecule has 7 heteroatoms.